The number of primary amides is 1. The number of carbonyl (C=O) groups is 1. The fourth-order valence-corrected chi connectivity index (χ4v) is 2.78. The Hall–Kier alpha value is -2.50. The number of methoxy groups -OCH3 is 1. The van der Waals surface area contributed by atoms with Crippen molar-refractivity contribution in [3.8, 4) is 17.1 Å². The predicted octanol–water partition coefficient (Wildman–Crippen LogP) is 1.80. The van der Waals surface area contributed by atoms with Crippen molar-refractivity contribution >= 4 is 11.6 Å². The van der Waals surface area contributed by atoms with Gasteiger partial charge in [0.25, 0.3) is 0 Å². The van der Waals surface area contributed by atoms with E-state index in [1.54, 1.807) is 13.3 Å². The Labute approximate surface area is 122 Å². The van der Waals surface area contributed by atoms with Gasteiger partial charge in [0.05, 0.1) is 18.9 Å². The summed E-state index contributed by atoms with van der Waals surface area (Å²) >= 11 is 0. The molecule has 0 spiro atoms. The first-order chi connectivity index (χ1) is 10.2. The van der Waals surface area contributed by atoms with Crippen molar-refractivity contribution in [2.45, 2.75) is 18.9 Å². The molecule has 1 atom stereocenters. The minimum Gasteiger partial charge on any atom is -0.496 e. The highest BCUT2D eigenvalue weighted by Crippen LogP contribution is 2.35. The van der Waals surface area contributed by atoms with E-state index in [-0.39, 0.29) is 11.9 Å². The third-order valence-electron chi connectivity index (χ3n) is 3.80. The molecule has 1 aliphatic rings. The molecular formula is C15H17N3O3. The summed E-state index contributed by atoms with van der Waals surface area (Å²) in [4.78, 5) is 17.5. The first-order valence-corrected chi connectivity index (χ1v) is 6.83. The second-order valence-corrected chi connectivity index (χ2v) is 5.00. The van der Waals surface area contributed by atoms with Crippen LogP contribution >= 0.6 is 0 Å². The van der Waals surface area contributed by atoms with Gasteiger partial charge in [0, 0.05) is 18.3 Å². The molecule has 1 unspecified atom stereocenters. The van der Waals surface area contributed by atoms with Crippen LogP contribution in [-0.2, 0) is 4.79 Å². The lowest BCUT2D eigenvalue weighted by Crippen LogP contribution is -2.40. The van der Waals surface area contributed by atoms with Crippen LogP contribution in [0.1, 0.15) is 12.8 Å². The van der Waals surface area contributed by atoms with Crippen LogP contribution < -0.4 is 15.4 Å². The molecule has 2 heterocycles. The zero-order valence-corrected chi connectivity index (χ0v) is 11.8. The molecule has 0 aliphatic carbocycles. The van der Waals surface area contributed by atoms with Crippen molar-refractivity contribution in [3.05, 3.63) is 30.8 Å². The van der Waals surface area contributed by atoms with Crippen molar-refractivity contribution in [1.29, 1.82) is 0 Å². The standard InChI is InChI=1S/C15H17N3O3/c1-20-13-7-10(18-6-2-3-12(18)15(16)19)4-5-11(13)14-8-17-9-21-14/h4-5,7-9,12H,2-3,6H2,1H3,(H2,16,19). The smallest absolute Gasteiger partial charge is 0.240 e. The molecule has 0 radical (unpaired) electrons. The van der Waals surface area contributed by atoms with Crippen LogP contribution in [0.25, 0.3) is 11.3 Å². The Kier molecular flexibility index (Phi) is 3.51. The zero-order chi connectivity index (χ0) is 14.8. The molecule has 1 aliphatic heterocycles. The monoisotopic (exact) mass is 287 g/mol. The van der Waals surface area contributed by atoms with Crippen LogP contribution in [0.5, 0.6) is 5.75 Å². The molecule has 1 aromatic carbocycles. The summed E-state index contributed by atoms with van der Waals surface area (Å²) in [5.41, 5.74) is 7.22. The summed E-state index contributed by atoms with van der Waals surface area (Å²) in [6.07, 6.45) is 4.77. The van der Waals surface area contributed by atoms with Crippen LogP contribution in [0.2, 0.25) is 0 Å². The van der Waals surface area contributed by atoms with Gasteiger partial charge >= 0.3 is 0 Å². The summed E-state index contributed by atoms with van der Waals surface area (Å²) in [6, 6.07) is 5.51. The highest BCUT2D eigenvalue weighted by Gasteiger charge is 2.29. The van der Waals surface area contributed by atoms with Gasteiger partial charge < -0.3 is 19.8 Å². The van der Waals surface area contributed by atoms with Crippen molar-refractivity contribution in [1.82, 2.24) is 4.98 Å². The van der Waals surface area contributed by atoms with Crippen LogP contribution in [0.3, 0.4) is 0 Å². The maximum Gasteiger partial charge on any atom is 0.240 e. The number of hydrogen-bond donors (Lipinski definition) is 1. The van der Waals surface area contributed by atoms with Crippen molar-refractivity contribution in [2.24, 2.45) is 5.73 Å². The highest BCUT2D eigenvalue weighted by molar-refractivity contribution is 5.84. The number of benzene rings is 1. The predicted molar refractivity (Wildman–Crippen MR) is 78.1 cm³/mol. The lowest BCUT2D eigenvalue weighted by molar-refractivity contribution is -0.119. The van der Waals surface area contributed by atoms with Crippen molar-refractivity contribution in [2.75, 3.05) is 18.6 Å². The Bertz CT molecular complexity index is 640. The molecule has 0 saturated carbocycles. The van der Waals surface area contributed by atoms with E-state index in [0.29, 0.717) is 11.5 Å². The third kappa shape index (κ3) is 2.44. The van der Waals surface area contributed by atoms with E-state index in [1.165, 1.54) is 6.39 Å². The Morgan fingerprint density at radius 2 is 2.38 bits per heavy atom. The number of amides is 1. The summed E-state index contributed by atoms with van der Waals surface area (Å²) in [7, 11) is 1.61. The second kappa shape index (κ2) is 5.47. The van der Waals surface area contributed by atoms with Crippen molar-refractivity contribution in [3.63, 3.8) is 0 Å². The average molecular weight is 287 g/mol. The van der Waals surface area contributed by atoms with E-state index in [9.17, 15) is 4.79 Å². The van der Waals surface area contributed by atoms with E-state index < -0.39 is 0 Å². The SMILES string of the molecule is COc1cc(N2CCCC2C(N)=O)ccc1-c1cnco1. The van der Waals surface area contributed by atoms with Gasteiger partial charge in [0.15, 0.2) is 12.2 Å². The summed E-state index contributed by atoms with van der Waals surface area (Å²) in [5, 5.41) is 0. The molecule has 2 aromatic rings. The first-order valence-electron chi connectivity index (χ1n) is 6.83. The molecule has 1 fully saturated rings. The fourth-order valence-electron chi connectivity index (χ4n) is 2.78. The summed E-state index contributed by atoms with van der Waals surface area (Å²) in [5.74, 6) is 1.04. The quantitative estimate of drug-likeness (QED) is 0.927. The molecule has 110 valence electrons. The zero-order valence-electron chi connectivity index (χ0n) is 11.8. The van der Waals surface area contributed by atoms with Gasteiger partial charge in [-0.3, -0.25) is 4.79 Å². The van der Waals surface area contributed by atoms with E-state index in [2.05, 4.69) is 4.98 Å². The van der Waals surface area contributed by atoms with Gasteiger partial charge in [-0.1, -0.05) is 0 Å². The first kappa shape index (κ1) is 13.5. The Morgan fingerprint density at radius 1 is 1.52 bits per heavy atom. The largest absolute Gasteiger partial charge is 0.496 e. The minimum atomic E-state index is -0.286. The molecule has 6 heteroatoms. The summed E-state index contributed by atoms with van der Waals surface area (Å²) < 4.78 is 10.7. The normalized spacial score (nSPS) is 18.0. The highest BCUT2D eigenvalue weighted by atomic mass is 16.5. The van der Waals surface area contributed by atoms with Crippen LogP contribution in [0.4, 0.5) is 5.69 Å². The number of nitrogens with zero attached hydrogens (tertiary/aromatic N) is 2. The second-order valence-electron chi connectivity index (χ2n) is 5.00. The topological polar surface area (TPSA) is 81.6 Å². The third-order valence-corrected chi connectivity index (χ3v) is 3.80. The molecule has 1 amide bonds. The van der Waals surface area contributed by atoms with Crippen LogP contribution in [-0.4, -0.2) is 30.6 Å². The number of oxazole rings is 1. The number of carbonyl (C=O) groups excluding carboxylic acids is 1. The number of aromatic nitrogens is 1. The average Bonchev–Trinajstić information content (AvgIpc) is 3.17. The minimum absolute atomic E-state index is 0.245. The molecule has 3 rings (SSSR count). The number of ether oxygens (including phenoxy) is 1. The number of rotatable bonds is 4. The maximum absolute atomic E-state index is 11.5. The maximum atomic E-state index is 11.5. The van der Waals surface area contributed by atoms with Gasteiger partial charge in [-0.2, -0.15) is 0 Å². The van der Waals surface area contributed by atoms with Gasteiger partial charge in [-0.05, 0) is 25.0 Å². The lowest BCUT2D eigenvalue weighted by Gasteiger charge is -2.25. The van der Waals surface area contributed by atoms with Crippen LogP contribution in [0, 0.1) is 0 Å². The molecular weight excluding hydrogens is 270 g/mol. The number of nitrogens with two attached hydrogens (primary N) is 1. The van der Waals surface area contributed by atoms with E-state index >= 15 is 0 Å². The van der Waals surface area contributed by atoms with E-state index in [0.717, 1.165) is 30.6 Å². The molecule has 1 saturated heterocycles. The van der Waals surface area contributed by atoms with E-state index in [4.69, 9.17) is 14.9 Å². The Morgan fingerprint density at radius 3 is 3.05 bits per heavy atom. The fraction of sp³-hybridized carbons (Fsp3) is 0.333. The van der Waals surface area contributed by atoms with Crippen LogP contribution in [0.15, 0.2) is 35.2 Å². The lowest BCUT2D eigenvalue weighted by atomic mass is 10.1. The number of hydrogen-bond acceptors (Lipinski definition) is 5. The molecule has 21 heavy (non-hydrogen) atoms. The molecule has 2 N–H and O–H groups in total. The Balaban J connectivity index is 1.96. The van der Waals surface area contributed by atoms with Gasteiger partial charge in [-0.25, -0.2) is 4.98 Å². The van der Waals surface area contributed by atoms with Crippen molar-refractivity contribution < 1.29 is 13.9 Å². The molecule has 6 nitrogen and oxygen atoms in total. The van der Waals surface area contributed by atoms with Gasteiger partial charge in [-0.15, -0.1) is 0 Å². The summed E-state index contributed by atoms with van der Waals surface area (Å²) in [6.45, 7) is 0.818. The van der Waals surface area contributed by atoms with Gasteiger partial charge in [0.1, 0.15) is 11.8 Å². The number of anilines is 1. The molecule has 0 bridgehead atoms. The molecule has 1 aromatic heterocycles. The van der Waals surface area contributed by atoms with E-state index in [1.807, 2.05) is 23.1 Å². The van der Waals surface area contributed by atoms with Gasteiger partial charge in [0.2, 0.25) is 5.91 Å².